The monoisotopic (exact) mass is 369 g/mol. The molecule has 1 N–H and O–H groups in total. The molecule has 0 aromatic heterocycles. The summed E-state index contributed by atoms with van der Waals surface area (Å²) in [6.07, 6.45) is 3.31. The van der Waals surface area contributed by atoms with Crippen molar-refractivity contribution < 1.29 is 13.9 Å². The van der Waals surface area contributed by atoms with Gasteiger partial charge in [0.15, 0.2) is 0 Å². The Morgan fingerprint density at radius 2 is 2.21 bits per heavy atom. The zero-order valence-electron chi connectivity index (χ0n) is 13.5. The van der Waals surface area contributed by atoms with Crippen molar-refractivity contribution >= 4 is 45.8 Å². The minimum Gasteiger partial charge on any atom is -0.442 e. The Morgan fingerprint density at radius 3 is 2.88 bits per heavy atom. The van der Waals surface area contributed by atoms with Crippen molar-refractivity contribution in [3.8, 4) is 0 Å². The highest BCUT2D eigenvalue weighted by Gasteiger charge is 2.33. The van der Waals surface area contributed by atoms with E-state index in [0.29, 0.717) is 28.8 Å². The lowest BCUT2D eigenvalue weighted by Gasteiger charge is -2.20. The number of hydrogen-bond acceptors (Lipinski definition) is 5. The number of rotatable bonds is 4. The maximum atomic E-state index is 14.4. The van der Waals surface area contributed by atoms with Crippen molar-refractivity contribution in [1.29, 1.82) is 0 Å². The first-order chi connectivity index (χ1) is 11.6. The third kappa shape index (κ3) is 3.75. The molecule has 0 saturated carbocycles. The smallest absolute Gasteiger partial charge is 0.414 e. The van der Waals surface area contributed by atoms with Gasteiger partial charge in [-0.15, -0.1) is 11.8 Å². The number of halogens is 1. The topological polar surface area (TPSA) is 44.8 Å². The summed E-state index contributed by atoms with van der Waals surface area (Å²) >= 11 is 6.50. The molecular weight excluding hydrogens is 349 g/mol. The van der Waals surface area contributed by atoms with Crippen molar-refractivity contribution in [2.75, 3.05) is 42.2 Å². The minimum atomic E-state index is -0.454. The van der Waals surface area contributed by atoms with Crippen molar-refractivity contribution in [3.63, 3.8) is 0 Å². The van der Waals surface area contributed by atoms with Gasteiger partial charge in [-0.25, -0.2) is 9.18 Å². The number of thioether (sulfide) groups is 1. The van der Waals surface area contributed by atoms with Crippen molar-refractivity contribution in [2.24, 2.45) is 0 Å². The van der Waals surface area contributed by atoms with Gasteiger partial charge in [0.05, 0.1) is 24.5 Å². The van der Waals surface area contributed by atoms with Gasteiger partial charge >= 0.3 is 6.09 Å². The maximum absolute atomic E-state index is 14.4. The molecule has 2 aliphatic rings. The Kier molecular flexibility index (Phi) is 5.45. The molecule has 0 spiro atoms. The van der Waals surface area contributed by atoms with E-state index in [1.165, 1.54) is 22.7 Å². The van der Waals surface area contributed by atoms with E-state index in [0.717, 1.165) is 25.9 Å². The number of nitrogens with zero attached hydrogens (tertiary/aromatic N) is 2. The summed E-state index contributed by atoms with van der Waals surface area (Å²) in [6, 6.07) is 4.94. The largest absolute Gasteiger partial charge is 0.442 e. The Balaban J connectivity index is 1.66. The SMILES string of the molecule is CSC(=S)NC[C@H]1CN(c2ccc(N3CCCC3)c(F)c2)C(=O)O1. The molecule has 8 heteroatoms. The molecule has 2 saturated heterocycles. The Bertz CT molecular complexity index is 638. The predicted molar refractivity (Wildman–Crippen MR) is 99.6 cm³/mol. The predicted octanol–water partition coefficient (Wildman–Crippen LogP) is 2.99. The van der Waals surface area contributed by atoms with E-state index < -0.39 is 6.09 Å². The zero-order valence-corrected chi connectivity index (χ0v) is 15.1. The number of amides is 1. The van der Waals surface area contributed by atoms with Crippen molar-refractivity contribution in [3.05, 3.63) is 24.0 Å². The number of nitrogens with one attached hydrogen (secondary N) is 1. The molecule has 2 heterocycles. The van der Waals surface area contributed by atoms with E-state index >= 15 is 0 Å². The maximum Gasteiger partial charge on any atom is 0.414 e. The lowest BCUT2D eigenvalue weighted by atomic mass is 10.2. The normalized spacial score (nSPS) is 20.4. The summed E-state index contributed by atoms with van der Waals surface area (Å²) in [5, 5.41) is 3.03. The van der Waals surface area contributed by atoms with Crippen LogP contribution >= 0.6 is 24.0 Å². The van der Waals surface area contributed by atoms with Gasteiger partial charge < -0.3 is 15.0 Å². The average molecular weight is 369 g/mol. The van der Waals surface area contributed by atoms with Gasteiger partial charge in [-0.2, -0.15) is 0 Å². The molecule has 5 nitrogen and oxygen atoms in total. The van der Waals surface area contributed by atoms with Gasteiger partial charge in [-0.3, -0.25) is 4.90 Å². The molecule has 1 aromatic rings. The van der Waals surface area contributed by atoms with Crippen LogP contribution in [0.4, 0.5) is 20.6 Å². The third-order valence-electron chi connectivity index (χ3n) is 4.22. The first-order valence-electron chi connectivity index (χ1n) is 7.93. The van der Waals surface area contributed by atoms with Crippen LogP contribution in [0, 0.1) is 5.82 Å². The fraction of sp³-hybridized carbons (Fsp3) is 0.500. The Labute approximate surface area is 150 Å². The van der Waals surface area contributed by atoms with E-state index in [2.05, 4.69) is 5.32 Å². The van der Waals surface area contributed by atoms with Crippen LogP contribution < -0.4 is 15.1 Å². The second-order valence-corrected chi connectivity index (χ2v) is 7.30. The van der Waals surface area contributed by atoms with Crippen LogP contribution in [0.15, 0.2) is 18.2 Å². The number of carbonyl (C=O) groups is 1. The number of benzene rings is 1. The van der Waals surface area contributed by atoms with Gasteiger partial charge in [0.1, 0.15) is 16.2 Å². The number of cyclic esters (lactones) is 1. The van der Waals surface area contributed by atoms with E-state index in [4.69, 9.17) is 17.0 Å². The van der Waals surface area contributed by atoms with Crippen LogP contribution in [0.3, 0.4) is 0 Å². The van der Waals surface area contributed by atoms with Crippen LogP contribution in [0.25, 0.3) is 0 Å². The fourth-order valence-electron chi connectivity index (χ4n) is 2.99. The highest BCUT2D eigenvalue weighted by atomic mass is 32.2. The van der Waals surface area contributed by atoms with Gasteiger partial charge in [0.25, 0.3) is 0 Å². The lowest BCUT2D eigenvalue weighted by Crippen LogP contribution is -2.32. The summed E-state index contributed by atoms with van der Waals surface area (Å²) in [4.78, 5) is 15.6. The van der Waals surface area contributed by atoms with E-state index in [-0.39, 0.29) is 11.9 Å². The minimum absolute atomic E-state index is 0.299. The van der Waals surface area contributed by atoms with Crippen LogP contribution in [-0.2, 0) is 4.74 Å². The molecule has 0 unspecified atom stereocenters. The number of hydrogen-bond donors (Lipinski definition) is 1. The third-order valence-corrected chi connectivity index (χ3v) is 5.38. The summed E-state index contributed by atoms with van der Waals surface area (Å²) in [7, 11) is 0. The first kappa shape index (κ1) is 17.3. The average Bonchev–Trinajstić information content (AvgIpc) is 3.22. The molecule has 0 radical (unpaired) electrons. The molecule has 1 atom stereocenters. The van der Waals surface area contributed by atoms with Gasteiger partial charge in [-0.1, -0.05) is 12.2 Å². The first-order valence-corrected chi connectivity index (χ1v) is 9.56. The molecule has 0 bridgehead atoms. The molecule has 130 valence electrons. The van der Waals surface area contributed by atoms with Crippen molar-refractivity contribution in [2.45, 2.75) is 18.9 Å². The Morgan fingerprint density at radius 1 is 1.46 bits per heavy atom. The number of thiocarbonyl (C=S) groups is 1. The molecule has 3 rings (SSSR count). The second kappa shape index (κ2) is 7.57. The van der Waals surface area contributed by atoms with Crippen molar-refractivity contribution in [1.82, 2.24) is 5.32 Å². The van der Waals surface area contributed by atoms with E-state index in [1.807, 2.05) is 11.2 Å². The zero-order chi connectivity index (χ0) is 17.1. The van der Waals surface area contributed by atoms with Crippen LogP contribution in [0.1, 0.15) is 12.8 Å². The second-order valence-electron chi connectivity index (χ2n) is 5.82. The van der Waals surface area contributed by atoms with E-state index in [9.17, 15) is 9.18 Å². The molecule has 2 fully saturated rings. The van der Waals surface area contributed by atoms with Crippen LogP contribution in [-0.4, -0.2) is 49.0 Å². The molecule has 1 aromatic carbocycles. The van der Waals surface area contributed by atoms with E-state index in [1.54, 1.807) is 12.1 Å². The number of anilines is 2. The highest BCUT2D eigenvalue weighted by molar-refractivity contribution is 8.22. The molecule has 24 heavy (non-hydrogen) atoms. The Hall–Kier alpha value is -1.54. The fourth-order valence-corrected chi connectivity index (χ4v) is 3.30. The van der Waals surface area contributed by atoms with Gasteiger partial charge in [0, 0.05) is 13.1 Å². The van der Waals surface area contributed by atoms with Gasteiger partial charge in [-0.05, 0) is 37.3 Å². The number of ether oxygens (including phenoxy) is 1. The lowest BCUT2D eigenvalue weighted by molar-refractivity contribution is 0.143. The summed E-state index contributed by atoms with van der Waals surface area (Å²) < 4.78 is 20.4. The van der Waals surface area contributed by atoms with Gasteiger partial charge in [0.2, 0.25) is 0 Å². The summed E-state index contributed by atoms with van der Waals surface area (Å²) in [5.41, 5.74) is 1.13. The number of carbonyl (C=O) groups excluding carboxylic acids is 1. The molecular formula is C16H20FN3O2S2. The van der Waals surface area contributed by atoms with Crippen LogP contribution in [0.5, 0.6) is 0 Å². The van der Waals surface area contributed by atoms with Crippen LogP contribution in [0.2, 0.25) is 0 Å². The standard InChI is InChI=1S/C16H20FN3O2S2/c1-24-15(23)18-9-12-10-20(16(21)22-12)11-4-5-14(13(17)8-11)19-6-2-3-7-19/h4-5,8,12H,2-3,6-7,9-10H2,1H3,(H,18,23)/t12-/m0/s1. The highest BCUT2D eigenvalue weighted by Crippen LogP contribution is 2.29. The molecule has 0 aliphatic carbocycles. The molecule has 2 aliphatic heterocycles. The summed E-state index contributed by atoms with van der Waals surface area (Å²) in [5.74, 6) is -0.299. The summed E-state index contributed by atoms with van der Waals surface area (Å²) in [6.45, 7) is 2.60. The quantitative estimate of drug-likeness (QED) is 0.824. The molecule has 1 amide bonds.